The molecule has 3 aliphatic heterocycles. The summed E-state index contributed by atoms with van der Waals surface area (Å²) < 4.78 is 64.3. The van der Waals surface area contributed by atoms with Crippen LogP contribution in [0.1, 0.15) is 57.9 Å². The zero-order valence-corrected chi connectivity index (χ0v) is 23.5. The van der Waals surface area contributed by atoms with Crippen molar-refractivity contribution in [2.24, 2.45) is 0 Å². The van der Waals surface area contributed by atoms with Crippen LogP contribution in [-0.2, 0) is 26.2 Å². The molecule has 5 heterocycles. The third kappa shape index (κ3) is 4.15. The van der Waals surface area contributed by atoms with Gasteiger partial charge in [-0.25, -0.2) is 18.4 Å². The maximum Gasteiger partial charge on any atom is 0.419 e. The first kappa shape index (κ1) is 28.0. The molecule has 214 valence electrons. The Bertz CT molecular complexity index is 1540. The quantitative estimate of drug-likeness (QED) is 0.535. The second-order valence-corrected chi connectivity index (χ2v) is 14.1. The molecular weight excluding hydrogens is 549 g/mol. The molecule has 2 saturated heterocycles. The van der Waals surface area contributed by atoms with E-state index in [0.717, 1.165) is 6.07 Å². The number of aromatic nitrogens is 4. The maximum absolute atomic E-state index is 13.6. The molecule has 0 radical (unpaired) electrons. The number of carbonyl (C=O) groups is 1. The smallest absolute Gasteiger partial charge is 0.350 e. The highest BCUT2D eigenvalue weighted by molar-refractivity contribution is 7.95. The van der Waals surface area contributed by atoms with Gasteiger partial charge >= 0.3 is 6.18 Å². The second-order valence-electron chi connectivity index (χ2n) is 11.5. The number of rotatable bonds is 3. The highest BCUT2D eigenvalue weighted by atomic mass is 32.2. The van der Waals surface area contributed by atoms with E-state index < -0.39 is 43.3 Å². The van der Waals surface area contributed by atoms with Crippen molar-refractivity contribution in [3.8, 4) is 6.07 Å². The molecule has 0 N–H and O–H groups in total. The summed E-state index contributed by atoms with van der Waals surface area (Å²) in [5.74, 6) is 0.496. The summed E-state index contributed by atoms with van der Waals surface area (Å²) in [6.07, 6.45) is -3.16. The van der Waals surface area contributed by atoms with E-state index in [1.807, 2.05) is 32.6 Å². The molecule has 0 saturated carbocycles. The van der Waals surface area contributed by atoms with Gasteiger partial charge in [0.05, 0.1) is 11.3 Å². The Kier molecular flexibility index (Phi) is 6.29. The fourth-order valence-corrected chi connectivity index (χ4v) is 7.30. The van der Waals surface area contributed by atoms with Gasteiger partial charge in [0.2, 0.25) is 5.91 Å². The van der Waals surface area contributed by atoms with Gasteiger partial charge < -0.3 is 14.7 Å². The summed E-state index contributed by atoms with van der Waals surface area (Å²) in [5.41, 5.74) is -1.88. The molecule has 1 amide bonds. The van der Waals surface area contributed by atoms with Crippen molar-refractivity contribution in [3.63, 3.8) is 0 Å². The number of nitriles is 1. The standard InChI is InChI=1S/C25H29F3N8O3S/c1-14-11-35(22(37)24(5)6-7-40(24,38)39)15(2)10-34(14)20-19-21(31-13-30-20)36(12-23(19,3)4)18-8-16(25(26,27)28)17(9-29)32-33-18/h8,13-15H,6-7,10-12H2,1-5H3/t14-,15+,24+/m0/s1. The Hall–Kier alpha value is -3.54. The first-order chi connectivity index (χ1) is 18.5. The molecule has 0 unspecified atom stereocenters. The summed E-state index contributed by atoms with van der Waals surface area (Å²) >= 11 is 0. The average Bonchev–Trinajstić information content (AvgIpc) is 3.18. The van der Waals surface area contributed by atoms with E-state index in [1.165, 1.54) is 19.3 Å². The number of carbonyl (C=O) groups excluding carboxylic acids is 1. The van der Waals surface area contributed by atoms with Gasteiger partial charge in [0.15, 0.2) is 21.3 Å². The summed E-state index contributed by atoms with van der Waals surface area (Å²) in [5, 5.41) is 16.5. The van der Waals surface area contributed by atoms with Gasteiger partial charge in [-0.05, 0) is 33.3 Å². The van der Waals surface area contributed by atoms with E-state index in [0.29, 0.717) is 30.2 Å². The van der Waals surface area contributed by atoms with Crippen molar-refractivity contribution < 1.29 is 26.4 Å². The lowest BCUT2D eigenvalue weighted by molar-refractivity contribution is -0.138. The third-order valence-electron chi connectivity index (χ3n) is 8.27. The van der Waals surface area contributed by atoms with Crippen molar-refractivity contribution in [2.45, 2.75) is 69.5 Å². The average molecular weight is 579 g/mol. The van der Waals surface area contributed by atoms with E-state index in [2.05, 4.69) is 20.2 Å². The monoisotopic (exact) mass is 578 g/mol. The predicted molar refractivity (Wildman–Crippen MR) is 139 cm³/mol. The lowest BCUT2D eigenvalue weighted by atomic mass is 9.87. The minimum absolute atomic E-state index is 0.00583. The van der Waals surface area contributed by atoms with Crippen LogP contribution in [0, 0.1) is 11.3 Å². The van der Waals surface area contributed by atoms with Gasteiger partial charge in [-0.1, -0.05) is 13.8 Å². The molecule has 0 aromatic carbocycles. The molecule has 2 aromatic rings. The zero-order valence-electron chi connectivity index (χ0n) is 22.7. The number of hydrogen-bond acceptors (Lipinski definition) is 10. The fraction of sp³-hybridized carbons (Fsp3) is 0.600. The Labute approximate surface area is 229 Å². The topological polar surface area (TPSA) is 136 Å². The van der Waals surface area contributed by atoms with Crippen LogP contribution >= 0.6 is 0 Å². The van der Waals surface area contributed by atoms with E-state index in [1.54, 1.807) is 9.80 Å². The Morgan fingerprint density at radius 2 is 1.77 bits per heavy atom. The number of piperazine rings is 1. The minimum Gasteiger partial charge on any atom is -0.350 e. The summed E-state index contributed by atoms with van der Waals surface area (Å²) in [6, 6.07) is 1.70. The van der Waals surface area contributed by atoms with E-state index >= 15 is 0 Å². The Morgan fingerprint density at radius 3 is 2.35 bits per heavy atom. The number of fused-ring (bicyclic) bond motifs is 1. The van der Waals surface area contributed by atoms with Crippen LogP contribution in [-0.4, -0.2) is 81.6 Å². The van der Waals surface area contributed by atoms with Crippen LogP contribution in [0.25, 0.3) is 0 Å². The van der Waals surface area contributed by atoms with Crippen molar-refractivity contribution in [1.82, 2.24) is 25.1 Å². The molecule has 11 nitrogen and oxygen atoms in total. The van der Waals surface area contributed by atoms with Crippen LogP contribution in [0.4, 0.5) is 30.6 Å². The number of alkyl halides is 3. The molecule has 0 spiro atoms. The number of halogens is 3. The number of sulfone groups is 1. The molecule has 3 aliphatic rings. The number of nitrogens with zero attached hydrogens (tertiary/aromatic N) is 8. The molecule has 15 heteroatoms. The van der Waals surface area contributed by atoms with Gasteiger partial charge in [0, 0.05) is 42.7 Å². The third-order valence-corrected chi connectivity index (χ3v) is 10.8. The van der Waals surface area contributed by atoms with Crippen LogP contribution in [0.2, 0.25) is 0 Å². The van der Waals surface area contributed by atoms with Gasteiger partial charge in [-0.15, -0.1) is 10.2 Å². The van der Waals surface area contributed by atoms with Gasteiger partial charge in [0.25, 0.3) is 0 Å². The first-order valence-corrected chi connectivity index (χ1v) is 14.4. The predicted octanol–water partition coefficient (Wildman–Crippen LogP) is 2.59. The molecule has 5 rings (SSSR count). The molecule has 2 fully saturated rings. The minimum atomic E-state index is -4.79. The molecule has 0 bridgehead atoms. The summed E-state index contributed by atoms with van der Waals surface area (Å²) in [4.78, 5) is 27.5. The fourth-order valence-electron chi connectivity index (χ4n) is 5.77. The van der Waals surface area contributed by atoms with Crippen molar-refractivity contribution in [3.05, 3.63) is 29.2 Å². The van der Waals surface area contributed by atoms with E-state index in [9.17, 15) is 26.4 Å². The van der Waals surface area contributed by atoms with Crippen LogP contribution in [0.3, 0.4) is 0 Å². The molecule has 40 heavy (non-hydrogen) atoms. The van der Waals surface area contributed by atoms with Gasteiger partial charge in [0.1, 0.15) is 28.8 Å². The zero-order chi connectivity index (χ0) is 29.4. The Balaban J connectivity index is 1.49. The van der Waals surface area contributed by atoms with Gasteiger partial charge in [-0.3, -0.25) is 4.79 Å². The van der Waals surface area contributed by atoms with Crippen molar-refractivity contribution >= 4 is 33.2 Å². The van der Waals surface area contributed by atoms with Crippen LogP contribution < -0.4 is 9.80 Å². The van der Waals surface area contributed by atoms with E-state index in [-0.39, 0.29) is 36.7 Å². The largest absolute Gasteiger partial charge is 0.419 e. The SMILES string of the molecule is C[C@@H]1CN(c2ncnc3c2C(C)(C)CN3c2cc(C(F)(F)F)c(C#N)nn2)[C@@H](C)CN1C(=O)[C@@]1(C)CCS1(=O)=O. The summed E-state index contributed by atoms with van der Waals surface area (Å²) in [6.45, 7) is 10.0. The van der Waals surface area contributed by atoms with Crippen LogP contribution in [0.15, 0.2) is 12.4 Å². The summed E-state index contributed by atoms with van der Waals surface area (Å²) in [7, 11) is -3.48. The maximum atomic E-state index is 13.6. The highest BCUT2D eigenvalue weighted by Crippen LogP contribution is 2.47. The number of amides is 1. The van der Waals surface area contributed by atoms with E-state index in [4.69, 9.17) is 5.26 Å². The lowest BCUT2D eigenvalue weighted by Gasteiger charge is -2.49. The second kappa shape index (κ2) is 8.98. The molecule has 0 aliphatic carbocycles. The van der Waals surface area contributed by atoms with Crippen LogP contribution in [0.5, 0.6) is 0 Å². The Morgan fingerprint density at radius 1 is 1.10 bits per heavy atom. The molecule has 2 aromatic heterocycles. The van der Waals surface area contributed by atoms with Gasteiger partial charge in [-0.2, -0.15) is 18.4 Å². The lowest BCUT2D eigenvalue weighted by Crippen LogP contribution is -2.66. The molecule has 3 atom stereocenters. The number of hydrogen-bond donors (Lipinski definition) is 0. The highest BCUT2D eigenvalue weighted by Gasteiger charge is 2.57. The normalized spacial score (nSPS) is 27.1. The van der Waals surface area contributed by atoms with Crippen molar-refractivity contribution in [1.29, 1.82) is 5.26 Å². The van der Waals surface area contributed by atoms with Crippen molar-refractivity contribution in [2.75, 3.05) is 35.2 Å². The molecular formula is C25H29F3N8O3S. The first-order valence-electron chi connectivity index (χ1n) is 12.8. The number of anilines is 3.